The Bertz CT molecular complexity index is 5400. The summed E-state index contributed by atoms with van der Waals surface area (Å²) < 4.78 is 4.97. The van der Waals surface area contributed by atoms with Crippen LogP contribution >= 0.6 is 0 Å². The summed E-state index contributed by atoms with van der Waals surface area (Å²) in [6.45, 7) is 0. The van der Waals surface area contributed by atoms with E-state index in [1.807, 2.05) is 0 Å². The third-order valence-corrected chi connectivity index (χ3v) is 30.1. The highest BCUT2D eigenvalue weighted by Crippen LogP contribution is 2.44. The zero-order chi connectivity index (χ0) is 65.7. The van der Waals surface area contributed by atoms with Crippen molar-refractivity contribution in [2.24, 2.45) is 0 Å². The summed E-state index contributed by atoms with van der Waals surface area (Å²) in [5.74, 6) is 0. The lowest BCUT2D eigenvalue weighted by atomic mass is 10.1. The fourth-order valence-corrected chi connectivity index (χ4v) is 25.6. The molecular weight excluding hydrogens is 1230 g/mol. The summed E-state index contributed by atoms with van der Waals surface area (Å²) in [5.41, 5.74) is 14.7. The molecule has 0 atom stereocenters. The van der Waals surface area contributed by atoms with E-state index in [1.165, 1.54) is 96.1 Å². The minimum atomic E-state index is -2.97. The molecule has 2 aromatic heterocycles. The van der Waals surface area contributed by atoms with E-state index in [4.69, 9.17) is 0 Å². The average Bonchev–Trinajstić information content (AvgIpc) is 1.71. The Hall–Kier alpha value is -12.4. The molecule has 5 heteroatoms. The lowest BCUT2D eigenvalue weighted by molar-refractivity contribution is 1.18. The molecule has 0 unspecified atom stereocenters. The van der Waals surface area contributed by atoms with Gasteiger partial charge in [0.25, 0.3) is 0 Å². The van der Waals surface area contributed by atoms with Crippen LogP contribution in [0.25, 0.3) is 88.0 Å². The quantitative estimate of drug-likeness (QED) is 0.0736. The first-order chi connectivity index (χ1) is 49.1. The van der Waals surface area contributed by atoms with Crippen LogP contribution in [0.3, 0.4) is 0 Å². The molecule has 0 aliphatic rings. The van der Waals surface area contributed by atoms with Crippen LogP contribution in [0.15, 0.2) is 406 Å². The number of nitrogens with zero attached hydrogens (tertiary/aromatic N) is 3. The van der Waals surface area contributed by atoms with Crippen LogP contribution in [-0.2, 0) is 0 Å². The second-order valence-electron chi connectivity index (χ2n) is 25.9. The van der Waals surface area contributed by atoms with Gasteiger partial charge >= 0.3 is 0 Å². The lowest BCUT2D eigenvalue weighted by Gasteiger charge is -2.34. The molecular formula is C94H67N3Si2. The summed E-state index contributed by atoms with van der Waals surface area (Å²) in [7, 11) is -5.94. The van der Waals surface area contributed by atoms with E-state index >= 15 is 0 Å². The SMILES string of the molecule is c1ccc(-c2ccc(-n3c4ccc(N(c5ccc6ccccc6c5)c5ccc6c(c5)c5cc([Si](c7ccccc7)(c7ccccc7)c7ccccc7)ccc5n6-c5ccc(-c6ccccc6)cc5)cc4c4cc([Si](c5ccccc5)(c5ccccc5)c5ccccc5)ccc43)cc2)cc1. The third kappa shape index (κ3) is 10.1. The van der Waals surface area contributed by atoms with Crippen molar-refractivity contribution in [1.82, 2.24) is 9.13 Å². The lowest BCUT2D eigenvalue weighted by Crippen LogP contribution is -2.74. The Balaban J connectivity index is 0.902. The zero-order valence-corrected chi connectivity index (χ0v) is 56.5. The molecule has 3 nitrogen and oxygen atoms in total. The molecule has 2 heterocycles. The van der Waals surface area contributed by atoms with E-state index in [0.717, 1.165) is 50.5 Å². The van der Waals surface area contributed by atoms with E-state index in [9.17, 15) is 0 Å². The standard InChI is InChI=1S/C94H67N3Si2/c1-9-27-68(28-10-1)71-45-50-74(51-46-71)96-91-59-55-77(64-87(91)89-66-85(57-61-93(89)96)98(79-33-13-3-14-34-79,80-35-15-4-16-36-80)81-37-17-5-18-38-81)95(76-54-49-70-31-25-26-32-73(70)63-76)78-56-60-92-88(65-78)90-67-86(58-62-94(90)97(92)75-52-47-72(48-53-75)69-29-11-2-12-30-69)99(82-39-19-6-20-40-82,83-41-21-7-22-42-83)84-43-23-8-24-44-84/h1-67H. The molecule has 0 aliphatic heterocycles. The first kappa shape index (κ1) is 59.1. The number of anilines is 3. The summed E-state index contributed by atoms with van der Waals surface area (Å²) in [6.07, 6.45) is 0. The van der Waals surface area contributed by atoms with Crippen molar-refractivity contribution in [2.45, 2.75) is 0 Å². The molecule has 0 amide bonds. The van der Waals surface area contributed by atoms with Gasteiger partial charge in [0.1, 0.15) is 0 Å². The molecule has 18 aromatic rings. The molecule has 0 spiro atoms. The van der Waals surface area contributed by atoms with Gasteiger partial charge in [0.2, 0.25) is 0 Å². The summed E-state index contributed by atoms with van der Waals surface area (Å²) in [5, 5.41) is 17.8. The van der Waals surface area contributed by atoms with E-state index < -0.39 is 16.1 Å². The fourth-order valence-electron chi connectivity index (χ4n) is 16.1. The molecule has 0 radical (unpaired) electrons. The van der Waals surface area contributed by atoms with Crippen molar-refractivity contribution in [3.63, 3.8) is 0 Å². The van der Waals surface area contributed by atoms with Crippen molar-refractivity contribution in [3.8, 4) is 33.6 Å². The predicted octanol–water partition coefficient (Wildman–Crippen LogP) is 18.6. The van der Waals surface area contributed by atoms with Crippen LogP contribution in [-0.4, -0.2) is 25.3 Å². The molecule has 0 bridgehead atoms. The Morgan fingerprint density at radius 2 is 0.444 bits per heavy atom. The van der Waals surface area contributed by atoms with Gasteiger partial charge in [-0.15, -0.1) is 0 Å². The van der Waals surface area contributed by atoms with E-state index in [-0.39, 0.29) is 0 Å². The smallest absolute Gasteiger partial charge is 0.179 e. The maximum Gasteiger partial charge on any atom is 0.179 e. The van der Waals surface area contributed by atoms with Gasteiger partial charge in [0, 0.05) is 50.0 Å². The Morgan fingerprint density at radius 3 is 0.788 bits per heavy atom. The Labute approximate surface area is 579 Å². The van der Waals surface area contributed by atoms with Gasteiger partial charge < -0.3 is 14.0 Å². The van der Waals surface area contributed by atoms with Gasteiger partial charge in [0.05, 0.1) is 22.1 Å². The van der Waals surface area contributed by atoms with Gasteiger partial charge in [-0.2, -0.15) is 0 Å². The molecule has 0 saturated carbocycles. The minimum Gasteiger partial charge on any atom is -0.310 e. The van der Waals surface area contributed by atoms with E-state index in [1.54, 1.807) is 0 Å². The van der Waals surface area contributed by atoms with Crippen LogP contribution in [0.4, 0.5) is 17.1 Å². The van der Waals surface area contributed by atoms with E-state index in [0.29, 0.717) is 0 Å². The molecule has 18 rings (SSSR count). The zero-order valence-electron chi connectivity index (χ0n) is 54.5. The molecule has 0 N–H and O–H groups in total. The van der Waals surface area contributed by atoms with Crippen molar-refractivity contribution >= 4 is 129 Å². The Kier molecular flexibility index (Phi) is 14.9. The molecule has 0 saturated heterocycles. The summed E-state index contributed by atoms with van der Waals surface area (Å²) in [4.78, 5) is 2.50. The van der Waals surface area contributed by atoms with Crippen molar-refractivity contribution < 1.29 is 0 Å². The van der Waals surface area contributed by atoms with Gasteiger partial charge in [-0.25, -0.2) is 0 Å². The molecule has 466 valence electrons. The Morgan fingerprint density at radius 1 is 0.182 bits per heavy atom. The number of fused-ring (bicyclic) bond motifs is 7. The predicted molar refractivity (Wildman–Crippen MR) is 425 cm³/mol. The monoisotopic (exact) mass is 1290 g/mol. The molecule has 16 aromatic carbocycles. The number of rotatable bonds is 15. The maximum absolute atomic E-state index is 2.97. The van der Waals surface area contributed by atoms with Gasteiger partial charge in [-0.3, -0.25) is 0 Å². The highest BCUT2D eigenvalue weighted by molar-refractivity contribution is 7.20. The minimum absolute atomic E-state index is 1.06. The van der Waals surface area contributed by atoms with E-state index in [2.05, 4.69) is 420 Å². The number of aromatic nitrogens is 2. The first-order valence-corrected chi connectivity index (χ1v) is 38.2. The number of hydrogen-bond donors (Lipinski definition) is 0. The molecule has 0 fully saturated rings. The normalized spacial score (nSPS) is 11.8. The van der Waals surface area contributed by atoms with Crippen LogP contribution in [0.5, 0.6) is 0 Å². The van der Waals surface area contributed by atoms with Crippen LogP contribution in [0, 0.1) is 0 Å². The first-order valence-electron chi connectivity index (χ1n) is 34.2. The van der Waals surface area contributed by atoms with Crippen molar-refractivity contribution in [3.05, 3.63) is 406 Å². The summed E-state index contributed by atoms with van der Waals surface area (Å²) in [6, 6.07) is 152. The molecule has 0 aliphatic carbocycles. The van der Waals surface area contributed by atoms with Crippen molar-refractivity contribution in [1.29, 1.82) is 0 Å². The van der Waals surface area contributed by atoms with Gasteiger partial charge in [0.15, 0.2) is 16.1 Å². The van der Waals surface area contributed by atoms with Crippen LogP contribution in [0.2, 0.25) is 0 Å². The van der Waals surface area contributed by atoms with Crippen LogP contribution in [0.1, 0.15) is 0 Å². The molecule has 99 heavy (non-hydrogen) atoms. The second kappa shape index (κ2) is 25.0. The van der Waals surface area contributed by atoms with Crippen LogP contribution < -0.4 is 46.4 Å². The third-order valence-electron chi connectivity index (χ3n) is 20.6. The topological polar surface area (TPSA) is 13.1 Å². The summed E-state index contributed by atoms with van der Waals surface area (Å²) >= 11 is 0. The van der Waals surface area contributed by atoms with Gasteiger partial charge in [-0.05, 0) is 159 Å². The fraction of sp³-hybridized carbons (Fsp3) is 0. The second-order valence-corrected chi connectivity index (χ2v) is 33.5. The largest absolute Gasteiger partial charge is 0.310 e. The maximum atomic E-state index is 2.56. The number of benzene rings is 16. The average molecular weight is 1290 g/mol. The number of hydrogen-bond acceptors (Lipinski definition) is 1. The highest BCUT2D eigenvalue weighted by Gasteiger charge is 2.43. The van der Waals surface area contributed by atoms with Gasteiger partial charge in [-0.1, -0.05) is 322 Å². The highest BCUT2D eigenvalue weighted by atomic mass is 28.3. The van der Waals surface area contributed by atoms with Crippen molar-refractivity contribution in [2.75, 3.05) is 4.90 Å².